The van der Waals surface area contributed by atoms with Crippen molar-refractivity contribution in [2.75, 3.05) is 17.2 Å². The van der Waals surface area contributed by atoms with Gasteiger partial charge in [0, 0.05) is 11.9 Å². The van der Waals surface area contributed by atoms with E-state index >= 15 is 0 Å². The van der Waals surface area contributed by atoms with Gasteiger partial charge in [0.05, 0.1) is 11.5 Å². The summed E-state index contributed by atoms with van der Waals surface area (Å²) in [6.45, 7) is 2.76. The van der Waals surface area contributed by atoms with Crippen molar-refractivity contribution in [2.45, 2.75) is 19.8 Å². The summed E-state index contributed by atoms with van der Waals surface area (Å²) < 4.78 is 5.62. The molecular formula is C19H20N6O3. The number of pyridine rings is 1. The molecule has 0 saturated carbocycles. The summed E-state index contributed by atoms with van der Waals surface area (Å²) in [7, 11) is 0. The van der Waals surface area contributed by atoms with Crippen LogP contribution in [0.4, 0.5) is 28.8 Å². The van der Waals surface area contributed by atoms with Gasteiger partial charge in [-0.15, -0.1) is 0 Å². The summed E-state index contributed by atoms with van der Waals surface area (Å²) in [6.07, 6.45) is 4.88. The number of unbranched alkanes of at least 4 members (excludes halogenated alkanes) is 1. The second-order valence-electron chi connectivity index (χ2n) is 5.87. The normalized spacial score (nSPS) is 10.3. The van der Waals surface area contributed by atoms with Gasteiger partial charge in [-0.1, -0.05) is 19.4 Å². The summed E-state index contributed by atoms with van der Waals surface area (Å²) in [5.74, 6) is 1.33. The molecule has 0 radical (unpaired) electrons. The Morgan fingerprint density at radius 3 is 2.43 bits per heavy atom. The Kier molecular flexibility index (Phi) is 6.29. The molecule has 28 heavy (non-hydrogen) atoms. The van der Waals surface area contributed by atoms with Crippen molar-refractivity contribution in [2.24, 2.45) is 0 Å². The van der Waals surface area contributed by atoms with E-state index in [0.717, 1.165) is 18.6 Å². The SMILES string of the molecule is CCCCOc1ccc(Nc2ncnc(Nc3ccccn3)c2[N+](=O)[O-])cc1. The Morgan fingerprint density at radius 2 is 1.79 bits per heavy atom. The molecule has 3 rings (SSSR count). The highest BCUT2D eigenvalue weighted by molar-refractivity contribution is 5.76. The van der Waals surface area contributed by atoms with E-state index < -0.39 is 4.92 Å². The molecule has 1 aromatic carbocycles. The molecule has 0 atom stereocenters. The maximum absolute atomic E-state index is 11.6. The fraction of sp³-hybridized carbons (Fsp3) is 0.211. The first-order chi connectivity index (χ1) is 13.7. The molecule has 2 N–H and O–H groups in total. The van der Waals surface area contributed by atoms with Crippen LogP contribution in [-0.4, -0.2) is 26.5 Å². The van der Waals surface area contributed by atoms with Crippen LogP contribution in [0.1, 0.15) is 19.8 Å². The standard InChI is InChI=1S/C19H20N6O3/c1-2-3-12-28-15-9-7-14(8-10-15)23-18-17(25(26)27)19(22-13-21-18)24-16-6-4-5-11-20-16/h4-11,13H,2-3,12H2,1H3,(H2,20,21,22,23,24). The van der Waals surface area contributed by atoms with Gasteiger partial charge in [-0.2, -0.15) is 0 Å². The van der Waals surface area contributed by atoms with Gasteiger partial charge in [-0.3, -0.25) is 10.1 Å². The molecule has 0 aliphatic carbocycles. The van der Waals surface area contributed by atoms with Crippen LogP contribution in [0.15, 0.2) is 55.0 Å². The third-order valence-electron chi connectivity index (χ3n) is 3.80. The smallest absolute Gasteiger partial charge is 0.353 e. The maximum Gasteiger partial charge on any atom is 0.353 e. The van der Waals surface area contributed by atoms with Crippen LogP contribution in [0.3, 0.4) is 0 Å². The van der Waals surface area contributed by atoms with Crippen molar-refractivity contribution in [3.63, 3.8) is 0 Å². The Balaban J connectivity index is 1.80. The number of nitro groups is 1. The first-order valence-electron chi connectivity index (χ1n) is 8.84. The van der Waals surface area contributed by atoms with Crippen molar-refractivity contribution in [1.29, 1.82) is 0 Å². The van der Waals surface area contributed by atoms with Gasteiger partial charge in [0.15, 0.2) is 0 Å². The zero-order valence-electron chi connectivity index (χ0n) is 15.3. The molecule has 2 aromatic heterocycles. The maximum atomic E-state index is 11.6. The van der Waals surface area contributed by atoms with Gasteiger partial charge in [-0.25, -0.2) is 15.0 Å². The minimum absolute atomic E-state index is 0.0562. The fourth-order valence-electron chi connectivity index (χ4n) is 2.40. The summed E-state index contributed by atoms with van der Waals surface area (Å²) in [4.78, 5) is 23.2. The molecule has 0 bridgehead atoms. The lowest BCUT2D eigenvalue weighted by Gasteiger charge is -2.10. The number of nitrogens with one attached hydrogen (secondary N) is 2. The predicted octanol–water partition coefficient (Wildman–Crippen LogP) is 4.45. The third-order valence-corrected chi connectivity index (χ3v) is 3.80. The van der Waals surface area contributed by atoms with Crippen molar-refractivity contribution in [3.05, 3.63) is 65.1 Å². The average molecular weight is 380 g/mol. The molecule has 9 nitrogen and oxygen atoms in total. The van der Waals surface area contributed by atoms with Gasteiger partial charge in [0.25, 0.3) is 0 Å². The van der Waals surface area contributed by atoms with E-state index in [1.54, 1.807) is 48.7 Å². The molecule has 0 saturated heterocycles. The van der Waals surface area contributed by atoms with E-state index in [0.29, 0.717) is 18.1 Å². The quantitative estimate of drug-likeness (QED) is 0.318. The zero-order chi connectivity index (χ0) is 19.8. The number of hydrogen-bond donors (Lipinski definition) is 2. The molecule has 0 unspecified atom stereocenters. The molecule has 9 heteroatoms. The summed E-state index contributed by atoms with van der Waals surface area (Å²) in [6, 6.07) is 12.4. The van der Waals surface area contributed by atoms with E-state index in [1.807, 2.05) is 0 Å². The molecule has 0 aliphatic rings. The van der Waals surface area contributed by atoms with Crippen molar-refractivity contribution in [1.82, 2.24) is 15.0 Å². The average Bonchev–Trinajstić information content (AvgIpc) is 2.70. The van der Waals surface area contributed by atoms with Crippen LogP contribution in [0.2, 0.25) is 0 Å². The number of rotatable bonds is 9. The topological polar surface area (TPSA) is 115 Å². The summed E-state index contributed by atoms with van der Waals surface area (Å²) in [5.41, 5.74) is 0.379. The van der Waals surface area contributed by atoms with Gasteiger partial charge >= 0.3 is 5.69 Å². The number of hydrogen-bond acceptors (Lipinski definition) is 8. The monoisotopic (exact) mass is 380 g/mol. The van der Waals surface area contributed by atoms with E-state index in [4.69, 9.17) is 4.74 Å². The summed E-state index contributed by atoms with van der Waals surface area (Å²) in [5, 5.41) is 17.4. The second kappa shape index (κ2) is 9.26. The highest BCUT2D eigenvalue weighted by Gasteiger charge is 2.23. The van der Waals surface area contributed by atoms with Crippen LogP contribution in [-0.2, 0) is 0 Å². The first kappa shape index (κ1) is 19.0. The van der Waals surface area contributed by atoms with Gasteiger partial charge in [-0.05, 0) is 42.8 Å². The van der Waals surface area contributed by atoms with Gasteiger partial charge in [0.1, 0.15) is 17.9 Å². The van der Waals surface area contributed by atoms with E-state index in [1.165, 1.54) is 6.33 Å². The summed E-state index contributed by atoms with van der Waals surface area (Å²) >= 11 is 0. The van der Waals surface area contributed by atoms with Crippen molar-refractivity contribution >= 4 is 28.8 Å². The van der Waals surface area contributed by atoms with Gasteiger partial charge in [0.2, 0.25) is 11.6 Å². The predicted molar refractivity (Wildman–Crippen MR) is 106 cm³/mol. The molecule has 0 spiro atoms. The number of benzene rings is 1. The number of nitrogens with zero attached hydrogens (tertiary/aromatic N) is 4. The molecule has 3 aromatic rings. The molecule has 0 fully saturated rings. The Hall–Kier alpha value is -3.75. The van der Waals surface area contributed by atoms with Crippen LogP contribution in [0.25, 0.3) is 0 Å². The second-order valence-corrected chi connectivity index (χ2v) is 5.87. The minimum Gasteiger partial charge on any atom is -0.494 e. The molecule has 0 aliphatic heterocycles. The Bertz CT molecular complexity index is 919. The lowest BCUT2D eigenvalue weighted by molar-refractivity contribution is -0.383. The molecule has 2 heterocycles. The van der Waals surface area contributed by atoms with E-state index in [9.17, 15) is 10.1 Å². The number of aromatic nitrogens is 3. The van der Waals surface area contributed by atoms with Crippen molar-refractivity contribution < 1.29 is 9.66 Å². The molecular weight excluding hydrogens is 360 g/mol. The largest absolute Gasteiger partial charge is 0.494 e. The number of ether oxygens (including phenoxy) is 1. The first-order valence-corrected chi connectivity index (χ1v) is 8.84. The molecule has 0 amide bonds. The van der Waals surface area contributed by atoms with E-state index in [2.05, 4.69) is 32.5 Å². The fourth-order valence-corrected chi connectivity index (χ4v) is 2.40. The molecule has 144 valence electrons. The third kappa shape index (κ3) is 4.91. The minimum atomic E-state index is -0.532. The van der Waals surface area contributed by atoms with Crippen LogP contribution in [0, 0.1) is 10.1 Å². The van der Waals surface area contributed by atoms with Crippen LogP contribution >= 0.6 is 0 Å². The lowest BCUT2D eigenvalue weighted by atomic mass is 10.3. The van der Waals surface area contributed by atoms with Crippen LogP contribution < -0.4 is 15.4 Å². The highest BCUT2D eigenvalue weighted by atomic mass is 16.6. The Labute approximate surface area is 162 Å². The highest BCUT2D eigenvalue weighted by Crippen LogP contribution is 2.32. The van der Waals surface area contributed by atoms with Gasteiger partial charge < -0.3 is 15.4 Å². The van der Waals surface area contributed by atoms with Crippen LogP contribution in [0.5, 0.6) is 5.75 Å². The van der Waals surface area contributed by atoms with Crippen molar-refractivity contribution in [3.8, 4) is 5.75 Å². The Morgan fingerprint density at radius 1 is 1.04 bits per heavy atom. The lowest BCUT2D eigenvalue weighted by Crippen LogP contribution is -2.06. The van der Waals surface area contributed by atoms with E-state index in [-0.39, 0.29) is 17.3 Å². The zero-order valence-corrected chi connectivity index (χ0v) is 15.3. The number of anilines is 4.